The topological polar surface area (TPSA) is 63.6 Å². The fourth-order valence-electron chi connectivity index (χ4n) is 2.19. The van der Waals surface area contributed by atoms with Gasteiger partial charge in [-0.2, -0.15) is 0 Å². The maximum absolute atomic E-state index is 10.6. The Morgan fingerprint density at radius 1 is 1.38 bits per heavy atom. The number of likely N-dealkylation sites (tertiary alicyclic amines) is 1. The smallest absolute Gasteiger partial charge is 0.137 e. The van der Waals surface area contributed by atoms with Crippen molar-refractivity contribution >= 4 is 6.09 Å². The summed E-state index contributed by atoms with van der Waals surface area (Å²) in [5, 5.41) is 20.6. The van der Waals surface area contributed by atoms with E-state index in [9.17, 15) is 15.0 Å². The van der Waals surface area contributed by atoms with E-state index in [-0.39, 0.29) is 12.5 Å². The van der Waals surface area contributed by atoms with Crippen molar-refractivity contribution in [3.8, 4) is 0 Å². The summed E-state index contributed by atoms with van der Waals surface area (Å²) in [6.07, 6.45) is -1.21. The van der Waals surface area contributed by atoms with Crippen LogP contribution < -0.4 is 5.11 Å². The molecule has 2 rings (SSSR count). The number of carbonyl (C=O) groups is 1. The third-order valence-electron chi connectivity index (χ3n) is 3.07. The molecule has 16 heavy (non-hydrogen) atoms. The van der Waals surface area contributed by atoms with Crippen LogP contribution in [0, 0.1) is 0 Å². The van der Waals surface area contributed by atoms with Crippen molar-refractivity contribution in [2.75, 3.05) is 13.1 Å². The van der Waals surface area contributed by atoms with Crippen LogP contribution in [-0.2, 0) is 0 Å². The molecule has 0 saturated carbocycles. The molecule has 1 aliphatic heterocycles. The zero-order chi connectivity index (χ0) is 11.5. The second kappa shape index (κ2) is 4.53. The molecule has 1 aromatic carbocycles. The Kier molecular flexibility index (Phi) is 3.10. The molecule has 2 atom stereocenters. The molecular weight excluding hydrogens is 206 g/mol. The maximum Gasteiger partial charge on any atom is 0.137 e. The number of carboxylic acid groups (broad SMARTS) is 1. The molecule has 86 valence electrons. The van der Waals surface area contributed by atoms with Gasteiger partial charge in [0, 0.05) is 19.0 Å². The van der Waals surface area contributed by atoms with Gasteiger partial charge in [-0.05, 0) is 12.0 Å². The molecule has 0 spiro atoms. The highest BCUT2D eigenvalue weighted by Crippen LogP contribution is 2.27. The minimum absolute atomic E-state index is 0.0248. The van der Waals surface area contributed by atoms with Gasteiger partial charge in [0.1, 0.15) is 6.09 Å². The monoisotopic (exact) mass is 220 g/mol. The van der Waals surface area contributed by atoms with Crippen LogP contribution >= 0.6 is 0 Å². The van der Waals surface area contributed by atoms with Crippen molar-refractivity contribution in [1.29, 1.82) is 0 Å². The summed E-state index contributed by atoms with van der Waals surface area (Å²) in [5.41, 5.74) is 1.06. The third kappa shape index (κ3) is 2.17. The van der Waals surface area contributed by atoms with Gasteiger partial charge in [-0.3, -0.25) is 0 Å². The lowest BCUT2D eigenvalue weighted by atomic mass is 9.87. The Morgan fingerprint density at radius 3 is 2.62 bits per heavy atom. The van der Waals surface area contributed by atoms with Gasteiger partial charge in [-0.15, -0.1) is 0 Å². The van der Waals surface area contributed by atoms with Crippen LogP contribution in [0.3, 0.4) is 0 Å². The molecule has 0 bridgehead atoms. The summed E-state index contributed by atoms with van der Waals surface area (Å²) in [7, 11) is 0. The number of aliphatic hydroxyl groups is 1. The van der Waals surface area contributed by atoms with Gasteiger partial charge in [0.05, 0.1) is 6.10 Å². The molecule has 1 amide bonds. The molecule has 0 radical (unpaired) electrons. The lowest BCUT2D eigenvalue weighted by Gasteiger charge is -2.37. The van der Waals surface area contributed by atoms with Gasteiger partial charge < -0.3 is 19.9 Å². The number of nitrogens with zero attached hydrogens (tertiary/aromatic N) is 1. The minimum Gasteiger partial charge on any atom is -0.530 e. The summed E-state index contributed by atoms with van der Waals surface area (Å²) >= 11 is 0. The zero-order valence-corrected chi connectivity index (χ0v) is 8.87. The van der Waals surface area contributed by atoms with E-state index < -0.39 is 12.2 Å². The third-order valence-corrected chi connectivity index (χ3v) is 3.07. The molecule has 1 heterocycles. The van der Waals surface area contributed by atoms with Crippen LogP contribution in [0.2, 0.25) is 0 Å². The second-order valence-electron chi connectivity index (χ2n) is 4.09. The first-order valence-electron chi connectivity index (χ1n) is 5.37. The van der Waals surface area contributed by atoms with E-state index >= 15 is 0 Å². The van der Waals surface area contributed by atoms with E-state index in [1.165, 1.54) is 0 Å². The lowest BCUT2D eigenvalue weighted by molar-refractivity contribution is -0.268. The lowest BCUT2D eigenvalue weighted by Crippen LogP contribution is -2.50. The molecule has 1 N–H and O–H groups in total. The molecule has 4 heteroatoms. The van der Waals surface area contributed by atoms with E-state index in [0.29, 0.717) is 13.0 Å². The number of piperidine rings is 1. The standard InChI is InChI=1S/C12H15NO3/c14-11-8-13(12(15)16)7-6-10(11)9-4-2-1-3-5-9/h1-5,10-11,14H,6-8H2,(H,15,16)/p-1. The van der Waals surface area contributed by atoms with Gasteiger partial charge in [0.25, 0.3) is 0 Å². The molecule has 1 aliphatic rings. The van der Waals surface area contributed by atoms with Crippen molar-refractivity contribution in [3.63, 3.8) is 0 Å². The number of hydrogen-bond acceptors (Lipinski definition) is 3. The van der Waals surface area contributed by atoms with Gasteiger partial charge in [0.15, 0.2) is 0 Å². The van der Waals surface area contributed by atoms with Gasteiger partial charge >= 0.3 is 0 Å². The molecule has 1 fully saturated rings. The number of amides is 1. The highest BCUT2D eigenvalue weighted by molar-refractivity contribution is 5.62. The first-order valence-corrected chi connectivity index (χ1v) is 5.37. The normalized spacial score (nSPS) is 25.4. The molecule has 2 unspecified atom stereocenters. The van der Waals surface area contributed by atoms with Crippen LogP contribution in [0.1, 0.15) is 17.9 Å². The average molecular weight is 220 g/mol. The number of rotatable bonds is 1. The Hall–Kier alpha value is -1.55. The number of hydrogen-bond donors (Lipinski definition) is 1. The minimum atomic E-state index is -1.20. The first kappa shape index (κ1) is 11.0. The van der Waals surface area contributed by atoms with E-state index in [0.717, 1.165) is 10.5 Å². The molecule has 0 aromatic heterocycles. The molecule has 0 aliphatic carbocycles. The fraction of sp³-hybridized carbons (Fsp3) is 0.417. The largest absolute Gasteiger partial charge is 0.530 e. The predicted octanol–water partition coefficient (Wildman–Crippen LogP) is 0.180. The van der Waals surface area contributed by atoms with E-state index in [2.05, 4.69) is 0 Å². The van der Waals surface area contributed by atoms with E-state index in [1.807, 2.05) is 30.3 Å². The van der Waals surface area contributed by atoms with Crippen LogP contribution in [0.15, 0.2) is 30.3 Å². The summed E-state index contributed by atoms with van der Waals surface area (Å²) in [6, 6.07) is 9.69. The number of β-amino-alcohol motifs (C(OH)–C–C–N with tert-alkyl or cyclic N) is 1. The Bertz CT molecular complexity index is 366. The quantitative estimate of drug-likeness (QED) is 0.734. The van der Waals surface area contributed by atoms with Crippen molar-refractivity contribution in [3.05, 3.63) is 35.9 Å². The summed E-state index contributed by atoms with van der Waals surface area (Å²) < 4.78 is 0. The number of benzene rings is 1. The van der Waals surface area contributed by atoms with Crippen molar-refractivity contribution in [1.82, 2.24) is 4.90 Å². The SMILES string of the molecule is O=C([O-])N1CCC(c2ccccc2)C(O)C1. The maximum atomic E-state index is 10.6. The zero-order valence-electron chi connectivity index (χ0n) is 8.87. The predicted molar refractivity (Wildman–Crippen MR) is 56.8 cm³/mol. The molecular formula is C12H14NO3-. The Labute approximate surface area is 94.1 Å². The summed E-state index contributed by atoms with van der Waals surface area (Å²) in [6.45, 7) is 0.570. The van der Waals surface area contributed by atoms with Crippen molar-refractivity contribution in [2.24, 2.45) is 0 Å². The highest BCUT2D eigenvalue weighted by Gasteiger charge is 2.28. The average Bonchev–Trinajstić information content (AvgIpc) is 2.30. The molecule has 1 aromatic rings. The van der Waals surface area contributed by atoms with Crippen LogP contribution in [0.4, 0.5) is 4.79 Å². The van der Waals surface area contributed by atoms with Crippen LogP contribution in [0.5, 0.6) is 0 Å². The highest BCUT2D eigenvalue weighted by atomic mass is 16.4. The second-order valence-corrected chi connectivity index (χ2v) is 4.09. The number of aliphatic hydroxyl groups excluding tert-OH is 1. The van der Waals surface area contributed by atoms with Crippen LogP contribution in [0.25, 0.3) is 0 Å². The van der Waals surface area contributed by atoms with Gasteiger partial charge in [-0.1, -0.05) is 30.3 Å². The van der Waals surface area contributed by atoms with Crippen LogP contribution in [-0.4, -0.2) is 35.3 Å². The fourth-order valence-corrected chi connectivity index (χ4v) is 2.19. The van der Waals surface area contributed by atoms with E-state index in [1.54, 1.807) is 0 Å². The van der Waals surface area contributed by atoms with Gasteiger partial charge in [-0.25, -0.2) is 0 Å². The van der Waals surface area contributed by atoms with E-state index in [4.69, 9.17) is 0 Å². The summed E-state index contributed by atoms with van der Waals surface area (Å²) in [5.74, 6) is 0.0248. The molecule has 1 saturated heterocycles. The Morgan fingerprint density at radius 2 is 2.06 bits per heavy atom. The van der Waals surface area contributed by atoms with Gasteiger partial charge in [0.2, 0.25) is 0 Å². The summed E-state index contributed by atoms with van der Waals surface area (Å²) in [4.78, 5) is 11.8. The van der Waals surface area contributed by atoms with Crippen molar-refractivity contribution in [2.45, 2.75) is 18.4 Å². The first-order chi connectivity index (χ1) is 7.68. The Balaban J connectivity index is 2.08. The van der Waals surface area contributed by atoms with Crippen molar-refractivity contribution < 1.29 is 15.0 Å². The number of carbonyl (C=O) groups excluding carboxylic acids is 1. The molecule has 4 nitrogen and oxygen atoms in total.